The Hall–Kier alpha value is -0.820. The van der Waals surface area contributed by atoms with Crippen molar-refractivity contribution in [1.29, 1.82) is 0 Å². The lowest BCUT2D eigenvalue weighted by Gasteiger charge is -2.14. The molecule has 1 atom stereocenters. The summed E-state index contributed by atoms with van der Waals surface area (Å²) in [7, 11) is 0. The number of hydrogen-bond donors (Lipinski definition) is 1. The van der Waals surface area contributed by atoms with Crippen molar-refractivity contribution in [3.05, 3.63) is 35.4 Å². The van der Waals surface area contributed by atoms with E-state index in [-0.39, 0.29) is 0 Å². The molecule has 0 bridgehead atoms. The first kappa shape index (κ1) is 10.7. The first-order valence-corrected chi connectivity index (χ1v) is 6.11. The van der Waals surface area contributed by atoms with Gasteiger partial charge in [-0.1, -0.05) is 36.2 Å². The smallest absolute Gasteiger partial charge is 0.00173 e. The van der Waals surface area contributed by atoms with Crippen LogP contribution in [0.3, 0.4) is 0 Å². The lowest BCUT2D eigenvalue weighted by atomic mass is 9.95. The third kappa shape index (κ3) is 3.35. The quantitative estimate of drug-likeness (QED) is 0.779. The summed E-state index contributed by atoms with van der Waals surface area (Å²) in [5.41, 5.74) is 2.85. The van der Waals surface area contributed by atoms with E-state index in [2.05, 4.69) is 36.5 Å². The SMILES string of the molecule is Cc1ccc(CC2CCCCNC2)cc1. The molecule has 2 rings (SSSR count). The van der Waals surface area contributed by atoms with Crippen LogP contribution >= 0.6 is 0 Å². The van der Waals surface area contributed by atoms with Crippen LogP contribution in [-0.2, 0) is 6.42 Å². The minimum Gasteiger partial charge on any atom is -0.316 e. The average molecular weight is 203 g/mol. The first-order chi connectivity index (χ1) is 7.34. The van der Waals surface area contributed by atoms with Crippen molar-refractivity contribution in [3.8, 4) is 0 Å². The van der Waals surface area contributed by atoms with Gasteiger partial charge < -0.3 is 5.32 Å². The van der Waals surface area contributed by atoms with Crippen LogP contribution in [0.1, 0.15) is 30.4 Å². The van der Waals surface area contributed by atoms with E-state index in [9.17, 15) is 0 Å². The highest BCUT2D eigenvalue weighted by Gasteiger charge is 2.11. The molecule has 1 aromatic rings. The topological polar surface area (TPSA) is 12.0 Å². The molecule has 1 nitrogen and oxygen atoms in total. The fourth-order valence-electron chi connectivity index (χ4n) is 2.32. The lowest BCUT2D eigenvalue weighted by molar-refractivity contribution is 0.477. The molecule has 15 heavy (non-hydrogen) atoms. The summed E-state index contributed by atoms with van der Waals surface area (Å²) >= 11 is 0. The van der Waals surface area contributed by atoms with Crippen molar-refractivity contribution in [2.24, 2.45) is 5.92 Å². The predicted octanol–water partition coefficient (Wildman–Crippen LogP) is 2.93. The highest BCUT2D eigenvalue weighted by atomic mass is 14.9. The van der Waals surface area contributed by atoms with Crippen molar-refractivity contribution in [3.63, 3.8) is 0 Å². The molecule has 1 N–H and O–H groups in total. The fourth-order valence-corrected chi connectivity index (χ4v) is 2.32. The molecular weight excluding hydrogens is 182 g/mol. The number of nitrogens with one attached hydrogen (secondary N) is 1. The third-order valence-electron chi connectivity index (χ3n) is 3.29. The fraction of sp³-hybridized carbons (Fsp3) is 0.571. The summed E-state index contributed by atoms with van der Waals surface area (Å²) < 4.78 is 0. The molecular formula is C14H21N. The zero-order valence-electron chi connectivity index (χ0n) is 9.63. The Balaban J connectivity index is 1.92. The van der Waals surface area contributed by atoms with E-state index in [1.165, 1.54) is 49.9 Å². The van der Waals surface area contributed by atoms with Gasteiger partial charge in [-0.3, -0.25) is 0 Å². The Kier molecular flexibility index (Phi) is 3.79. The van der Waals surface area contributed by atoms with E-state index in [1.807, 2.05) is 0 Å². The van der Waals surface area contributed by atoms with E-state index in [4.69, 9.17) is 0 Å². The maximum absolute atomic E-state index is 3.53. The Bertz CT molecular complexity index is 281. The molecule has 1 saturated heterocycles. The summed E-state index contributed by atoms with van der Waals surface area (Å²) in [6.07, 6.45) is 5.38. The number of rotatable bonds is 2. The van der Waals surface area contributed by atoms with Crippen LogP contribution in [0.4, 0.5) is 0 Å². The molecule has 1 fully saturated rings. The van der Waals surface area contributed by atoms with Gasteiger partial charge in [0.15, 0.2) is 0 Å². The van der Waals surface area contributed by atoms with E-state index in [1.54, 1.807) is 0 Å². The molecule has 0 radical (unpaired) electrons. The van der Waals surface area contributed by atoms with Gasteiger partial charge in [-0.25, -0.2) is 0 Å². The van der Waals surface area contributed by atoms with Gasteiger partial charge in [0.25, 0.3) is 0 Å². The van der Waals surface area contributed by atoms with E-state index in [0.29, 0.717) is 0 Å². The standard InChI is InChI=1S/C14H21N/c1-12-5-7-13(8-6-12)10-14-4-2-3-9-15-11-14/h5-8,14-15H,2-4,9-11H2,1H3. The Morgan fingerprint density at radius 3 is 2.80 bits per heavy atom. The minimum atomic E-state index is 0.843. The van der Waals surface area contributed by atoms with Crippen LogP contribution in [0.25, 0.3) is 0 Å². The van der Waals surface area contributed by atoms with Gasteiger partial charge in [-0.05, 0) is 50.8 Å². The van der Waals surface area contributed by atoms with Gasteiger partial charge in [0.05, 0.1) is 0 Å². The molecule has 82 valence electrons. The Morgan fingerprint density at radius 2 is 2.00 bits per heavy atom. The van der Waals surface area contributed by atoms with E-state index < -0.39 is 0 Å². The second kappa shape index (κ2) is 5.32. The van der Waals surface area contributed by atoms with Crippen LogP contribution in [-0.4, -0.2) is 13.1 Å². The number of hydrogen-bond acceptors (Lipinski definition) is 1. The largest absolute Gasteiger partial charge is 0.316 e. The van der Waals surface area contributed by atoms with Crippen molar-refractivity contribution >= 4 is 0 Å². The van der Waals surface area contributed by atoms with Gasteiger partial charge >= 0.3 is 0 Å². The first-order valence-electron chi connectivity index (χ1n) is 6.11. The maximum Gasteiger partial charge on any atom is -0.00173 e. The molecule has 0 saturated carbocycles. The van der Waals surface area contributed by atoms with Gasteiger partial charge in [-0.15, -0.1) is 0 Å². The predicted molar refractivity (Wildman–Crippen MR) is 65.1 cm³/mol. The highest BCUT2D eigenvalue weighted by molar-refractivity contribution is 5.21. The molecule has 0 aromatic heterocycles. The molecule has 0 spiro atoms. The zero-order valence-corrected chi connectivity index (χ0v) is 9.63. The van der Waals surface area contributed by atoms with Gasteiger partial charge in [0.2, 0.25) is 0 Å². The molecule has 1 unspecified atom stereocenters. The van der Waals surface area contributed by atoms with Crippen LogP contribution in [0.15, 0.2) is 24.3 Å². The van der Waals surface area contributed by atoms with Crippen molar-refractivity contribution in [2.45, 2.75) is 32.6 Å². The Morgan fingerprint density at radius 1 is 1.20 bits per heavy atom. The van der Waals surface area contributed by atoms with E-state index in [0.717, 1.165) is 5.92 Å². The van der Waals surface area contributed by atoms with Gasteiger partial charge in [0, 0.05) is 0 Å². The van der Waals surface area contributed by atoms with Crippen LogP contribution < -0.4 is 5.32 Å². The van der Waals surface area contributed by atoms with Gasteiger partial charge in [-0.2, -0.15) is 0 Å². The molecule has 1 heteroatoms. The summed E-state index contributed by atoms with van der Waals surface area (Å²) in [5.74, 6) is 0.843. The summed E-state index contributed by atoms with van der Waals surface area (Å²) in [5, 5.41) is 3.53. The second-order valence-corrected chi connectivity index (χ2v) is 4.76. The van der Waals surface area contributed by atoms with Crippen LogP contribution in [0.5, 0.6) is 0 Å². The van der Waals surface area contributed by atoms with Crippen molar-refractivity contribution in [2.75, 3.05) is 13.1 Å². The van der Waals surface area contributed by atoms with E-state index >= 15 is 0 Å². The maximum atomic E-state index is 3.53. The van der Waals surface area contributed by atoms with Gasteiger partial charge in [0.1, 0.15) is 0 Å². The normalized spacial score (nSPS) is 22.3. The Labute approximate surface area is 92.9 Å². The lowest BCUT2D eigenvalue weighted by Crippen LogP contribution is -2.21. The summed E-state index contributed by atoms with van der Waals surface area (Å²) in [4.78, 5) is 0. The number of aryl methyl sites for hydroxylation is 1. The molecule has 1 aliphatic heterocycles. The van der Waals surface area contributed by atoms with Crippen molar-refractivity contribution in [1.82, 2.24) is 5.32 Å². The molecule has 1 aromatic carbocycles. The summed E-state index contributed by atoms with van der Waals surface area (Å²) in [6, 6.07) is 9.00. The number of benzene rings is 1. The zero-order chi connectivity index (χ0) is 10.5. The molecule has 1 heterocycles. The average Bonchev–Trinajstić information content (AvgIpc) is 2.50. The third-order valence-corrected chi connectivity index (χ3v) is 3.29. The molecule has 0 amide bonds. The summed E-state index contributed by atoms with van der Waals surface area (Å²) in [6.45, 7) is 4.56. The molecule has 1 aliphatic rings. The monoisotopic (exact) mass is 203 g/mol. The second-order valence-electron chi connectivity index (χ2n) is 4.76. The van der Waals surface area contributed by atoms with Crippen molar-refractivity contribution < 1.29 is 0 Å². The highest BCUT2D eigenvalue weighted by Crippen LogP contribution is 2.17. The molecule has 0 aliphatic carbocycles. The van der Waals surface area contributed by atoms with Crippen LogP contribution in [0, 0.1) is 12.8 Å². The van der Waals surface area contributed by atoms with Crippen LogP contribution in [0.2, 0.25) is 0 Å². The minimum absolute atomic E-state index is 0.843.